The maximum atomic E-state index is 11.0. The average Bonchev–Trinajstić information content (AvgIpc) is 2.15. The monoisotopic (exact) mass is 231 g/mol. The molecule has 2 unspecified atom stereocenters. The average molecular weight is 231 g/mol. The highest BCUT2D eigenvalue weighted by atomic mass is 16.5. The second kappa shape index (κ2) is 4.82. The molecule has 1 aliphatic heterocycles. The van der Waals surface area contributed by atoms with Crippen LogP contribution in [0.4, 0.5) is 4.79 Å². The minimum absolute atomic E-state index is 0.143. The van der Waals surface area contributed by atoms with Gasteiger partial charge in [-0.3, -0.25) is 9.69 Å². The molecule has 1 heterocycles. The third-order valence-corrected chi connectivity index (χ3v) is 2.39. The largest absolute Gasteiger partial charge is 0.480 e. The summed E-state index contributed by atoms with van der Waals surface area (Å²) in [5.74, 6) is -1.91. The molecule has 16 heavy (non-hydrogen) atoms. The second-order valence-electron chi connectivity index (χ2n) is 3.55. The zero-order valence-corrected chi connectivity index (χ0v) is 8.75. The first-order chi connectivity index (χ1) is 7.43. The van der Waals surface area contributed by atoms with E-state index in [1.54, 1.807) is 0 Å². The number of carbonyl (C=O) groups excluding carboxylic acids is 1. The fourth-order valence-electron chi connectivity index (χ4n) is 1.80. The molecule has 0 aromatic rings. The molecule has 7 heteroatoms. The van der Waals surface area contributed by atoms with Gasteiger partial charge in [-0.1, -0.05) is 0 Å². The van der Waals surface area contributed by atoms with Crippen LogP contribution in [0.1, 0.15) is 19.8 Å². The lowest BCUT2D eigenvalue weighted by Crippen LogP contribution is -2.55. The van der Waals surface area contributed by atoms with Crippen molar-refractivity contribution in [2.75, 3.05) is 6.54 Å². The van der Waals surface area contributed by atoms with E-state index >= 15 is 0 Å². The predicted molar refractivity (Wildman–Crippen MR) is 50.9 cm³/mol. The maximum absolute atomic E-state index is 11.0. The van der Waals surface area contributed by atoms with Gasteiger partial charge in [0.15, 0.2) is 6.04 Å². The Hall–Kier alpha value is -1.79. The summed E-state index contributed by atoms with van der Waals surface area (Å²) in [7, 11) is 0. The van der Waals surface area contributed by atoms with E-state index < -0.39 is 30.2 Å². The first-order valence-corrected chi connectivity index (χ1v) is 4.83. The van der Waals surface area contributed by atoms with Crippen LogP contribution in [0.25, 0.3) is 0 Å². The molecule has 1 fully saturated rings. The molecule has 1 saturated heterocycles. The van der Waals surface area contributed by atoms with Gasteiger partial charge in [0.25, 0.3) is 0 Å². The van der Waals surface area contributed by atoms with E-state index in [9.17, 15) is 14.4 Å². The summed E-state index contributed by atoms with van der Waals surface area (Å²) >= 11 is 0. The first kappa shape index (κ1) is 12.3. The van der Waals surface area contributed by atoms with E-state index in [-0.39, 0.29) is 6.54 Å². The normalized spacial score (nSPS) is 24.9. The number of carboxylic acids is 1. The zero-order chi connectivity index (χ0) is 12.3. The Morgan fingerprint density at radius 2 is 1.94 bits per heavy atom. The van der Waals surface area contributed by atoms with Crippen molar-refractivity contribution in [1.82, 2.24) is 4.90 Å². The molecular weight excluding hydrogens is 218 g/mol. The SMILES string of the molecule is CC(=O)OC1CCCN(C(=O)O)C1C(=O)O. The van der Waals surface area contributed by atoms with Crippen LogP contribution in [0.15, 0.2) is 0 Å². The Morgan fingerprint density at radius 3 is 2.38 bits per heavy atom. The van der Waals surface area contributed by atoms with Gasteiger partial charge in [0.05, 0.1) is 0 Å². The van der Waals surface area contributed by atoms with E-state index in [1.165, 1.54) is 6.92 Å². The van der Waals surface area contributed by atoms with E-state index in [2.05, 4.69) is 0 Å². The molecular formula is C9H13NO6. The van der Waals surface area contributed by atoms with Crippen LogP contribution in [0.3, 0.4) is 0 Å². The molecule has 0 aromatic heterocycles. The van der Waals surface area contributed by atoms with Crippen molar-refractivity contribution in [3.05, 3.63) is 0 Å². The molecule has 0 bridgehead atoms. The van der Waals surface area contributed by atoms with Crippen LogP contribution in [0.5, 0.6) is 0 Å². The van der Waals surface area contributed by atoms with Crippen LogP contribution in [0, 0.1) is 0 Å². The number of aliphatic carboxylic acids is 1. The van der Waals surface area contributed by atoms with E-state index in [1.807, 2.05) is 0 Å². The third kappa shape index (κ3) is 2.62. The van der Waals surface area contributed by atoms with Crippen LogP contribution >= 0.6 is 0 Å². The summed E-state index contributed by atoms with van der Waals surface area (Å²) < 4.78 is 4.82. The van der Waals surface area contributed by atoms with Crippen molar-refractivity contribution in [3.8, 4) is 0 Å². The molecule has 1 rings (SSSR count). The Bertz CT molecular complexity index is 315. The molecule has 0 aromatic carbocycles. The van der Waals surface area contributed by atoms with Crippen molar-refractivity contribution in [3.63, 3.8) is 0 Å². The summed E-state index contributed by atoms with van der Waals surface area (Å²) in [5, 5.41) is 17.8. The number of nitrogens with zero attached hydrogens (tertiary/aromatic N) is 1. The summed E-state index contributed by atoms with van der Waals surface area (Å²) in [5.41, 5.74) is 0. The first-order valence-electron chi connectivity index (χ1n) is 4.83. The van der Waals surface area contributed by atoms with Crippen molar-refractivity contribution < 1.29 is 29.3 Å². The van der Waals surface area contributed by atoms with Gasteiger partial charge in [-0.25, -0.2) is 9.59 Å². The lowest BCUT2D eigenvalue weighted by atomic mass is 9.99. The van der Waals surface area contributed by atoms with Crippen molar-refractivity contribution in [2.45, 2.75) is 31.9 Å². The lowest BCUT2D eigenvalue weighted by molar-refractivity contribution is -0.161. The Morgan fingerprint density at radius 1 is 1.31 bits per heavy atom. The highest BCUT2D eigenvalue weighted by Gasteiger charge is 2.41. The Labute approximate surface area is 91.6 Å². The Kier molecular flexibility index (Phi) is 3.70. The summed E-state index contributed by atoms with van der Waals surface area (Å²) in [4.78, 5) is 33.4. The summed E-state index contributed by atoms with van der Waals surface area (Å²) in [6, 6.07) is -1.31. The minimum Gasteiger partial charge on any atom is -0.480 e. The number of rotatable bonds is 2. The number of hydrogen-bond acceptors (Lipinski definition) is 4. The highest BCUT2D eigenvalue weighted by Crippen LogP contribution is 2.21. The van der Waals surface area contributed by atoms with Gasteiger partial charge in [0, 0.05) is 13.5 Å². The number of carboxylic acid groups (broad SMARTS) is 2. The summed E-state index contributed by atoms with van der Waals surface area (Å²) in [6.45, 7) is 1.31. The number of carbonyl (C=O) groups is 3. The number of esters is 1. The summed E-state index contributed by atoms with van der Waals surface area (Å²) in [6.07, 6.45) is -1.38. The van der Waals surface area contributed by atoms with Gasteiger partial charge in [-0.05, 0) is 12.8 Å². The van der Waals surface area contributed by atoms with Gasteiger partial charge in [0.2, 0.25) is 0 Å². The van der Waals surface area contributed by atoms with Gasteiger partial charge in [0.1, 0.15) is 6.10 Å². The smallest absolute Gasteiger partial charge is 0.408 e. The fourth-order valence-corrected chi connectivity index (χ4v) is 1.80. The molecule has 0 radical (unpaired) electrons. The second-order valence-corrected chi connectivity index (χ2v) is 3.55. The quantitative estimate of drug-likeness (QED) is 0.655. The lowest BCUT2D eigenvalue weighted by Gasteiger charge is -2.36. The van der Waals surface area contributed by atoms with E-state index in [0.717, 1.165) is 4.90 Å². The van der Waals surface area contributed by atoms with Crippen LogP contribution in [-0.4, -0.2) is 51.8 Å². The topological polar surface area (TPSA) is 104 Å². The van der Waals surface area contributed by atoms with Gasteiger partial charge in [-0.2, -0.15) is 0 Å². The molecule has 0 aliphatic carbocycles. The standard InChI is InChI=1S/C9H13NO6/c1-5(11)16-6-3-2-4-10(9(14)15)7(6)8(12)13/h6-7H,2-4H2,1H3,(H,12,13)(H,14,15). The number of hydrogen-bond donors (Lipinski definition) is 2. The highest BCUT2D eigenvalue weighted by molar-refractivity contribution is 5.80. The van der Waals surface area contributed by atoms with Crippen LogP contribution in [0.2, 0.25) is 0 Å². The fraction of sp³-hybridized carbons (Fsp3) is 0.667. The maximum Gasteiger partial charge on any atom is 0.408 e. The molecule has 0 saturated carbocycles. The molecule has 2 atom stereocenters. The number of ether oxygens (including phenoxy) is 1. The van der Waals surface area contributed by atoms with Crippen molar-refractivity contribution >= 4 is 18.0 Å². The number of amides is 1. The van der Waals surface area contributed by atoms with Crippen molar-refractivity contribution in [2.24, 2.45) is 0 Å². The molecule has 2 N–H and O–H groups in total. The Balaban J connectivity index is 2.86. The van der Waals surface area contributed by atoms with E-state index in [4.69, 9.17) is 14.9 Å². The molecule has 90 valence electrons. The molecule has 1 aliphatic rings. The van der Waals surface area contributed by atoms with Crippen LogP contribution in [-0.2, 0) is 14.3 Å². The zero-order valence-electron chi connectivity index (χ0n) is 8.75. The number of piperidine rings is 1. The van der Waals surface area contributed by atoms with Gasteiger partial charge < -0.3 is 14.9 Å². The third-order valence-electron chi connectivity index (χ3n) is 2.39. The molecule has 0 spiro atoms. The van der Waals surface area contributed by atoms with Gasteiger partial charge >= 0.3 is 18.0 Å². The van der Waals surface area contributed by atoms with Crippen LogP contribution < -0.4 is 0 Å². The number of likely N-dealkylation sites (tertiary alicyclic amines) is 1. The predicted octanol–water partition coefficient (Wildman–Crippen LogP) is 0.145. The molecule has 1 amide bonds. The minimum atomic E-state index is -1.32. The van der Waals surface area contributed by atoms with E-state index in [0.29, 0.717) is 12.8 Å². The van der Waals surface area contributed by atoms with Gasteiger partial charge in [-0.15, -0.1) is 0 Å². The molecule has 7 nitrogen and oxygen atoms in total. The van der Waals surface area contributed by atoms with Crippen molar-refractivity contribution in [1.29, 1.82) is 0 Å².